The summed E-state index contributed by atoms with van der Waals surface area (Å²) >= 11 is 0. The first-order chi connectivity index (χ1) is 12.5. The molecule has 3 rings (SSSR count). The van der Waals surface area contributed by atoms with E-state index in [9.17, 15) is 13.2 Å². The quantitative estimate of drug-likeness (QED) is 0.769. The summed E-state index contributed by atoms with van der Waals surface area (Å²) in [6.07, 6.45) is 4.25. The molecule has 0 N–H and O–H groups in total. The van der Waals surface area contributed by atoms with E-state index in [2.05, 4.69) is 4.90 Å². The third-order valence-electron chi connectivity index (χ3n) is 4.89. The molecule has 0 bridgehead atoms. The first kappa shape index (κ1) is 19.0. The van der Waals surface area contributed by atoms with Crippen LogP contribution in [0.3, 0.4) is 0 Å². The number of morpholine rings is 1. The summed E-state index contributed by atoms with van der Waals surface area (Å²) in [4.78, 5) is 16.6. The van der Waals surface area contributed by atoms with Crippen LogP contribution in [0.1, 0.15) is 19.3 Å². The molecule has 144 valence electrons. The largest absolute Gasteiger partial charge is 0.378 e. The van der Waals surface area contributed by atoms with Crippen molar-refractivity contribution in [2.24, 2.45) is 0 Å². The maximum atomic E-state index is 12.7. The number of hydrogen-bond donors (Lipinski definition) is 0. The monoisotopic (exact) mass is 381 g/mol. The Hall–Kier alpha value is -1.80. The zero-order valence-electron chi connectivity index (χ0n) is 15.3. The first-order valence-electron chi connectivity index (χ1n) is 9.14. The number of anilines is 2. The summed E-state index contributed by atoms with van der Waals surface area (Å²) in [5.41, 5.74) is 1.38. The van der Waals surface area contributed by atoms with Crippen LogP contribution < -0.4 is 9.21 Å². The van der Waals surface area contributed by atoms with Gasteiger partial charge >= 0.3 is 0 Å². The number of ether oxygens (including phenoxy) is 1. The van der Waals surface area contributed by atoms with Gasteiger partial charge in [-0.05, 0) is 31.4 Å². The van der Waals surface area contributed by atoms with E-state index in [0.717, 1.165) is 31.2 Å². The number of hydrogen-bond acceptors (Lipinski definition) is 5. The molecule has 0 radical (unpaired) electrons. The highest BCUT2D eigenvalue weighted by Crippen LogP contribution is 2.31. The Morgan fingerprint density at radius 1 is 1.08 bits per heavy atom. The maximum absolute atomic E-state index is 12.7. The molecule has 0 saturated carbocycles. The van der Waals surface area contributed by atoms with Crippen LogP contribution in [0.4, 0.5) is 11.4 Å². The molecule has 2 saturated heterocycles. The standard InChI is InChI=1S/C18H27N3O4S/c1-26(23,24)21(15-18(22)20-9-5-2-6-10-20)17-8-4-3-7-16(17)19-11-13-25-14-12-19/h3-4,7-8H,2,5-6,9-15H2,1H3. The molecular formula is C18H27N3O4S. The van der Waals surface area contributed by atoms with Gasteiger partial charge in [-0.3, -0.25) is 9.10 Å². The molecule has 1 amide bonds. The minimum absolute atomic E-state index is 0.132. The molecule has 26 heavy (non-hydrogen) atoms. The number of piperidine rings is 1. The summed E-state index contributed by atoms with van der Waals surface area (Å²) in [6, 6.07) is 7.38. The molecule has 8 heteroatoms. The number of amides is 1. The van der Waals surface area contributed by atoms with Crippen molar-refractivity contribution in [1.82, 2.24) is 4.90 Å². The minimum Gasteiger partial charge on any atom is -0.378 e. The number of sulfonamides is 1. The number of carbonyl (C=O) groups is 1. The molecule has 0 spiro atoms. The molecule has 2 heterocycles. The van der Waals surface area contributed by atoms with Gasteiger partial charge in [0.2, 0.25) is 15.9 Å². The van der Waals surface area contributed by atoms with Gasteiger partial charge in [0.05, 0.1) is 30.8 Å². The molecule has 0 atom stereocenters. The van der Waals surface area contributed by atoms with E-state index in [1.54, 1.807) is 11.0 Å². The van der Waals surface area contributed by atoms with E-state index in [1.165, 1.54) is 4.31 Å². The molecule has 1 aromatic rings. The Kier molecular flexibility index (Phi) is 6.03. The SMILES string of the molecule is CS(=O)(=O)N(CC(=O)N1CCCCC1)c1ccccc1N1CCOCC1. The lowest BCUT2D eigenvalue weighted by molar-refractivity contribution is -0.130. The minimum atomic E-state index is -3.58. The molecule has 0 aliphatic carbocycles. The number of para-hydroxylation sites is 2. The number of likely N-dealkylation sites (tertiary alicyclic amines) is 1. The molecule has 7 nitrogen and oxygen atoms in total. The molecule has 2 aliphatic rings. The summed E-state index contributed by atoms with van der Waals surface area (Å²) < 4.78 is 31.6. The van der Waals surface area contributed by atoms with E-state index >= 15 is 0 Å². The molecular weight excluding hydrogens is 354 g/mol. The van der Waals surface area contributed by atoms with E-state index < -0.39 is 10.0 Å². The Bertz CT molecular complexity index is 726. The smallest absolute Gasteiger partial charge is 0.243 e. The van der Waals surface area contributed by atoms with Gasteiger partial charge in [-0.15, -0.1) is 0 Å². The lowest BCUT2D eigenvalue weighted by Crippen LogP contribution is -2.45. The third kappa shape index (κ3) is 4.48. The van der Waals surface area contributed by atoms with Gasteiger partial charge in [-0.1, -0.05) is 12.1 Å². The first-order valence-corrected chi connectivity index (χ1v) is 11.0. The number of benzene rings is 1. The second-order valence-electron chi connectivity index (χ2n) is 6.80. The van der Waals surface area contributed by atoms with Crippen LogP contribution in [0, 0.1) is 0 Å². The molecule has 0 aromatic heterocycles. The fourth-order valence-corrected chi connectivity index (χ4v) is 4.35. The maximum Gasteiger partial charge on any atom is 0.243 e. The normalized spacial score (nSPS) is 18.7. The van der Waals surface area contributed by atoms with Crippen LogP contribution in [0.15, 0.2) is 24.3 Å². The summed E-state index contributed by atoms with van der Waals surface area (Å²) in [5.74, 6) is -0.132. The summed E-state index contributed by atoms with van der Waals surface area (Å²) in [7, 11) is -3.58. The van der Waals surface area contributed by atoms with Gasteiger partial charge in [0, 0.05) is 26.2 Å². The summed E-state index contributed by atoms with van der Waals surface area (Å²) in [5, 5.41) is 0. The van der Waals surface area contributed by atoms with E-state index in [4.69, 9.17) is 4.74 Å². The van der Waals surface area contributed by atoms with E-state index in [1.807, 2.05) is 18.2 Å². The van der Waals surface area contributed by atoms with E-state index in [0.29, 0.717) is 45.1 Å². The van der Waals surface area contributed by atoms with Crippen molar-refractivity contribution in [3.8, 4) is 0 Å². The Balaban J connectivity index is 1.87. The molecule has 0 unspecified atom stereocenters. The molecule has 2 aliphatic heterocycles. The van der Waals surface area contributed by atoms with Crippen molar-refractivity contribution in [1.29, 1.82) is 0 Å². The average molecular weight is 381 g/mol. The zero-order chi connectivity index (χ0) is 18.6. The Morgan fingerprint density at radius 2 is 1.73 bits per heavy atom. The van der Waals surface area contributed by atoms with Crippen LogP contribution >= 0.6 is 0 Å². The van der Waals surface area contributed by atoms with Gasteiger partial charge in [-0.25, -0.2) is 8.42 Å². The predicted molar refractivity (Wildman–Crippen MR) is 102 cm³/mol. The second-order valence-corrected chi connectivity index (χ2v) is 8.71. The van der Waals surface area contributed by atoms with E-state index in [-0.39, 0.29) is 12.5 Å². The van der Waals surface area contributed by atoms with Crippen molar-refractivity contribution in [3.63, 3.8) is 0 Å². The summed E-state index contributed by atoms with van der Waals surface area (Å²) in [6.45, 7) is 3.90. The Labute approximate surface area is 155 Å². The van der Waals surface area contributed by atoms with Gasteiger partial charge in [-0.2, -0.15) is 0 Å². The van der Waals surface area contributed by atoms with Crippen molar-refractivity contribution in [3.05, 3.63) is 24.3 Å². The second kappa shape index (κ2) is 8.26. The van der Waals surface area contributed by atoms with Crippen LogP contribution in [0.25, 0.3) is 0 Å². The topological polar surface area (TPSA) is 70.2 Å². The fraction of sp³-hybridized carbons (Fsp3) is 0.611. The van der Waals surface area contributed by atoms with Crippen LogP contribution in [-0.4, -0.2) is 71.4 Å². The molecule has 1 aromatic carbocycles. The van der Waals surface area contributed by atoms with Crippen molar-refractivity contribution >= 4 is 27.3 Å². The zero-order valence-corrected chi connectivity index (χ0v) is 16.1. The van der Waals surface area contributed by atoms with Crippen LogP contribution in [0.5, 0.6) is 0 Å². The van der Waals surface area contributed by atoms with Gasteiger partial charge in [0.1, 0.15) is 6.54 Å². The van der Waals surface area contributed by atoms with Gasteiger partial charge in [0.25, 0.3) is 0 Å². The van der Waals surface area contributed by atoms with Crippen LogP contribution in [0.2, 0.25) is 0 Å². The average Bonchev–Trinajstić information content (AvgIpc) is 2.66. The Morgan fingerprint density at radius 3 is 2.38 bits per heavy atom. The van der Waals surface area contributed by atoms with Crippen LogP contribution in [-0.2, 0) is 19.6 Å². The van der Waals surface area contributed by atoms with Gasteiger partial charge in [0.15, 0.2) is 0 Å². The fourth-order valence-electron chi connectivity index (χ4n) is 3.49. The van der Waals surface area contributed by atoms with Crippen molar-refractivity contribution < 1.29 is 17.9 Å². The third-order valence-corrected chi connectivity index (χ3v) is 6.02. The molecule has 2 fully saturated rings. The number of nitrogens with zero attached hydrogens (tertiary/aromatic N) is 3. The lowest BCUT2D eigenvalue weighted by atomic mass is 10.1. The number of rotatable bonds is 5. The number of carbonyl (C=O) groups excluding carboxylic acids is 1. The highest BCUT2D eigenvalue weighted by atomic mass is 32.2. The van der Waals surface area contributed by atoms with Crippen molar-refractivity contribution in [2.75, 3.05) is 61.4 Å². The van der Waals surface area contributed by atoms with Crippen molar-refractivity contribution in [2.45, 2.75) is 19.3 Å². The predicted octanol–water partition coefficient (Wildman–Crippen LogP) is 1.30. The van der Waals surface area contributed by atoms with Gasteiger partial charge < -0.3 is 14.5 Å². The highest BCUT2D eigenvalue weighted by molar-refractivity contribution is 7.92. The lowest BCUT2D eigenvalue weighted by Gasteiger charge is -2.34. The highest BCUT2D eigenvalue weighted by Gasteiger charge is 2.28.